The van der Waals surface area contributed by atoms with Gasteiger partial charge in [0, 0.05) is 13.2 Å². The fourth-order valence-corrected chi connectivity index (χ4v) is 3.04. The van der Waals surface area contributed by atoms with Crippen molar-refractivity contribution < 1.29 is 14.2 Å². The van der Waals surface area contributed by atoms with Crippen molar-refractivity contribution >= 4 is 0 Å². The number of fused-ring (bicyclic) bond motifs is 1. The molecule has 4 nitrogen and oxygen atoms in total. The van der Waals surface area contributed by atoms with Crippen molar-refractivity contribution in [1.82, 2.24) is 4.90 Å². The predicted octanol–water partition coefficient (Wildman–Crippen LogP) is 2.85. The molecule has 0 N–H and O–H groups in total. The zero-order valence-corrected chi connectivity index (χ0v) is 12.8. The van der Waals surface area contributed by atoms with E-state index in [1.54, 1.807) is 0 Å². The zero-order valence-electron chi connectivity index (χ0n) is 12.8. The van der Waals surface area contributed by atoms with Crippen molar-refractivity contribution in [1.29, 1.82) is 0 Å². The number of rotatable bonds is 6. The quantitative estimate of drug-likeness (QED) is 0.806. The summed E-state index contributed by atoms with van der Waals surface area (Å²) in [5.41, 5.74) is 1.28. The van der Waals surface area contributed by atoms with E-state index in [4.69, 9.17) is 14.2 Å². The van der Waals surface area contributed by atoms with E-state index in [-0.39, 0.29) is 0 Å². The van der Waals surface area contributed by atoms with Crippen LogP contribution in [0.15, 0.2) is 18.2 Å². The van der Waals surface area contributed by atoms with Gasteiger partial charge in [-0.25, -0.2) is 0 Å². The van der Waals surface area contributed by atoms with Gasteiger partial charge in [0.15, 0.2) is 11.5 Å². The second kappa shape index (κ2) is 7.14. The molecule has 1 aromatic rings. The van der Waals surface area contributed by atoms with Crippen LogP contribution >= 0.6 is 0 Å². The molecule has 1 atom stereocenters. The summed E-state index contributed by atoms with van der Waals surface area (Å²) in [5, 5.41) is 0. The maximum Gasteiger partial charge on any atom is 0.161 e. The van der Waals surface area contributed by atoms with Gasteiger partial charge in [0.05, 0.1) is 6.10 Å². The molecule has 2 aliphatic heterocycles. The van der Waals surface area contributed by atoms with Crippen LogP contribution in [0.2, 0.25) is 0 Å². The van der Waals surface area contributed by atoms with Gasteiger partial charge in [0.2, 0.25) is 0 Å². The molecule has 3 rings (SSSR count). The topological polar surface area (TPSA) is 30.9 Å². The van der Waals surface area contributed by atoms with Crippen LogP contribution in [0.4, 0.5) is 0 Å². The molecule has 0 saturated carbocycles. The molecule has 0 radical (unpaired) electrons. The molecule has 0 spiro atoms. The van der Waals surface area contributed by atoms with E-state index < -0.39 is 0 Å². The lowest BCUT2D eigenvalue weighted by atomic mass is 10.1. The summed E-state index contributed by atoms with van der Waals surface area (Å²) < 4.78 is 16.9. The minimum Gasteiger partial charge on any atom is -0.486 e. The fourth-order valence-electron chi connectivity index (χ4n) is 3.04. The van der Waals surface area contributed by atoms with E-state index in [1.807, 2.05) is 6.07 Å². The monoisotopic (exact) mass is 291 g/mol. The highest BCUT2D eigenvalue weighted by atomic mass is 16.6. The van der Waals surface area contributed by atoms with Gasteiger partial charge in [-0.15, -0.1) is 0 Å². The first-order valence-corrected chi connectivity index (χ1v) is 8.00. The van der Waals surface area contributed by atoms with Crippen LogP contribution in [0.1, 0.15) is 31.2 Å². The van der Waals surface area contributed by atoms with Crippen molar-refractivity contribution in [2.24, 2.45) is 0 Å². The molecular formula is C17H25NO3. The minimum absolute atomic E-state index is 0.507. The molecule has 2 aliphatic rings. The first-order valence-electron chi connectivity index (χ1n) is 8.00. The highest BCUT2D eigenvalue weighted by Gasteiger charge is 2.15. The van der Waals surface area contributed by atoms with E-state index in [1.165, 1.54) is 31.2 Å². The van der Waals surface area contributed by atoms with Crippen molar-refractivity contribution in [3.63, 3.8) is 0 Å². The van der Waals surface area contributed by atoms with Gasteiger partial charge in [0.1, 0.15) is 13.2 Å². The summed E-state index contributed by atoms with van der Waals surface area (Å²) in [6.07, 6.45) is 5.37. The second-order valence-electron chi connectivity index (χ2n) is 5.99. The normalized spacial score (nSPS) is 21.0. The average Bonchev–Trinajstić information content (AvgIpc) is 3.00. The Bertz CT molecular complexity index is 457. The lowest BCUT2D eigenvalue weighted by Crippen LogP contribution is -2.21. The molecular weight excluding hydrogens is 266 g/mol. The first-order chi connectivity index (χ1) is 10.3. The Hall–Kier alpha value is -1.26. The molecule has 0 bridgehead atoms. The number of benzene rings is 1. The molecule has 1 saturated heterocycles. The maximum absolute atomic E-state index is 5.67. The summed E-state index contributed by atoms with van der Waals surface area (Å²) in [7, 11) is 2.17. The van der Waals surface area contributed by atoms with Crippen molar-refractivity contribution in [3.8, 4) is 11.5 Å². The number of hydrogen-bond acceptors (Lipinski definition) is 4. The standard InChI is InChI=1S/C17H25NO3/c1-18(8-2-4-15-5-3-9-19-15)13-14-6-7-16-17(12-14)21-11-10-20-16/h6-7,12,15H,2-5,8-11,13H2,1H3/t15-/m1/s1. The largest absolute Gasteiger partial charge is 0.486 e. The Balaban J connectivity index is 1.44. The molecule has 2 heterocycles. The van der Waals surface area contributed by atoms with Crippen LogP contribution in [0.3, 0.4) is 0 Å². The molecule has 0 unspecified atom stereocenters. The molecule has 1 fully saturated rings. The smallest absolute Gasteiger partial charge is 0.161 e. The molecule has 21 heavy (non-hydrogen) atoms. The highest BCUT2D eigenvalue weighted by molar-refractivity contribution is 5.43. The summed E-state index contributed by atoms with van der Waals surface area (Å²) in [6.45, 7) is 4.30. The first kappa shape index (κ1) is 14.7. The van der Waals surface area contributed by atoms with Gasteiger partial charge in [-0.3, -0.25) is 0 Å². The highest BCUT2D eigenvalue weighted by Crippen LogP contribution is 2.31. The van der Waals surface area contributed by atoms with Crippen LogP contribution in [-0.4, -0.2) is 44.4 Å². The molecule has 0 aromatic heterocycles. The predicted molar refractivity (Wildman–Crippen MR) is 82.0 cm³/mol. The number of ether oxygens (including phenoxy) is 3. The second-order valence-corrected chi connectivity index (χ2v) is 5.99. The Morgan fingerprint density at radius 2 is 2.00 bits per heavy atom. The number of nitrogens with zero attached hydrogens (tertiary/aromatic N) is 1. The Kier molecular flexibility index (Phi) is 4.99. The lowest BCUT2D eigenvalue weighted by molar-refractivity contribution is 0.0995. The third-order valence-electron chi connectivity index (χ3n) is 4.15. The Morgan fingerprint density at radius 1 is 1.14 bits per heavy atom. The van der Waals surface area contributed by atoms with E-state index in [9.17, 15) is 0 Å². The van der Waals surface area contributed by atoms with Gasteiger partial charge >= 0.3 is 0 Å². The third-order valence-corrected chi connectivity index (χ3v) is 4.15. The SMILES string of the molecule is CN(CCC[C@@H]1CCCO1)Cc1ccc2c(c1)OCCO2. The van der Waals surface area contributed by atoms with Gasteiger partial charge < -0.3 is 19.1 Å². The van der Waals surface area contributed by atoms with Crippen LogP contribution in [0.25, 0.3) is 0 Å². The van der Waals surface area contributed by atoms with Gasteiger partial charge in [-0.2, -0.15) is 0 Å². The van der Waals surface area contributed by atoms with Crippen molar-refractivity contribution in [2.45, 2.75) is 38.3 Å². The van der Waals surface area contributed by atoms with E-state index in [2.05, 4.69) is 24.1 Å². The van der Waals surface area contributed by atoms with Crippen molar-refractivity contribution in [2.75, 3.05) is 33.4 Å². The van der Waals surface area contributed by atoms with E-state index in [0.717, 1.165) is 31.2 Å². The van der Waals surface area contributed by atoms with E-state index in [0.29, 0.717) is 19.3 Å². The third kappa shape index (κ3) is 4.11. The molecule has 1 aromatic carbocycles. The summed E-state index contributed by atoms with van der Waals surface area (Å²) in [5.74, 6) is 1.75. The summed E-state index contributed by atoms with van der Waals surface area (Å²) in [6, 6.07) is 6.25. The van der Waals surface area contributed by atoms with E-state index >= 15 is 0 Å². The summed E-state index contributed by atoms with van der Waals surface area (Å²) in [4.78, 5) is 2.36. The van der Waals surface area contributed by atoms with Crippen LogP contribution in [-0.2, 0) is 11.3 Å². The zero-order chi connectivity index (χ0) is 14.5. The van der Waals surface area contributed by atoms with Crippen molar-refractivity contribution in [3.05, 3.63) is 23.8 Å². The fraction of sp³-hybridized carbons (Fsp3) is 0.647. The summed E-state index contributed by atoms with van der Waals surface area (Å²) >= 11 is 0. The number of hydrogen-bond donors (Lipinski definition) is 0. The van der Waals surface area contributed by atoms with Gasteiger partial charge in [-0.05, 0) is 57.0 Å². The minimum atomic E-state index is 0.507. The maximum atomic E-state index is 5.67. The Morgan fingerprint density at radius 3 is 2.81 bits per heavy atom. The molecule has 116 valence electrons. The van der Waals surface area contributed by atoms with Crippen LogP contribution < -0.4 is 9.47 Å². The van der Waals surface area contributed by atoms with Gasteiger partial charge in [0.25, 0.3) is 0 Å². The molecule has 0 amide bonds. The average molecular weight is 291 g/mol. The van der Waals surface area contributed by atoms with Crippen LogP contribution in [0, 0.1) is 0 Å². The van der Waals surface area contributed by atoms with Gasteiger partial charge in [-0.1, -0.05) is 6.07 Å². The molecule has 4 heteroatoms. The Labute approximate surface area is 127 Å². The van der Waals surface area contributed by atoms with Crippen LogP contribution in [0.5, 0.6) is 11.5 Å². The molecule has 0 aliphatic carbocycles. The lowest BCUT2D eigenvalue weighted by Gasteiger charge is -2.21.